The molecule has 0 N–H and O–H groups in total. The molecule has 1 amide bonds. The average Bonchev–Trinajstić information content (AvgIpc) is 2.98. The Bertz CT molecular complexity index is 888. The summed E-state index contributed by atoms with van der Waals surface area (Å²) in [6.07, 6.45) is 8.27. The fourth-order valence-electron chi connectivity index (χ4n) is 3.50. The van der Waals surface area contributed by atoms with Gasteiger partial charge in [0.15, 0.2) is 4.80 Å². The maximum absolute atomic E-state index is 12.5. The van der Waals surface area contributed by atoms with Crippen LogP contribution in [-0.4, -0.2) is 23.6 Å². The van der Waals surface area contributed by atoms with Crippen molar-refractivity contribution in [2.24, 2.45) is 10.9 Å². The molecule has 2 aromatic rings. The van der Waals surface area contributed by atoms with Gasteiger partial charge in [-0.2, -0.15) is 4.99 Å². The van der Waals surface area contributed by atoms with Gasteiger partial charge in [0.2, 0.25) is 5.91 Å². The second-order valence-electron chi connectivity index (χ2n) is 6.67. The van der Waals surface area contributed by atoms with Gasteiger partial charge in [-0.05, 0) is 37.0 Å². The predicted molar refractivity (Wildman–Crippen MR) is 103 cm³/mol. The van der Waals surface area contributed by atoms with Crippen LogP contribution >= 0.6 is 11.3 Å². The number of benzene rings is 1. The molecule has 1 saturated carbocycles. The summed E-state index contributed by atoms with van der Waals surface area (Å²) in [7, 11) is 1.36. The van der Waals surface area contributed by atoms with Crippen molar-refractivity contribution in [1.82, 2.24) is 4.57 Å². The van der Waals surface area contributed by atoms with Crippen LogP contribution in [0.2, 0.25) is 0 Å². The Balaban J connectivity index is 1.94. The molecule has 0 aliphatic heterocycles. The van der Waals surface area contributed by atoms with Crippen LogP contribution in [0.4, 0.5) is 0 Å². The van der Waals surface area contributed by atoms with E-state index in [1.165, 1.54) is 37.7 Å². The van der Waals surface area contributed by atoms with E-state index in [9.17, 15) is 9.59 Å². The van der Waals surface area contributed by atoms with Gasteiger partial charge in [0.1, 0.15) is 0 Å². The molecule has 0 bridgehead atoms. The van der Waals surface area contributed by atoms with E-state index < -0.39 is 0 Å². The first kappa shape index (κ1) is 18.6. The number of nitrogens with zero attached hydrogens (tertiary/aromatic N) is 2. The molecule has 1 aliphatic rings. The van der Waals surface area contributed by atoms with Gasteiger partial charge >= 0.3 is 5.97 Å². The zero-order chi connectivity index (χ0) is 18.5. The number of allylic oxidation sites excluding steroid dienone is 1. The van der Waals surface area contributed by atoms with Crippen molar-refractivity contribution in [3.05, 3.63) is 41.2 Å². The van der Waals surface area contributed by atoms with Crippen LogP contribution < -0.4 is 4.80 Å². The van der Waals surface area contributed by atoms with Gasteiger partial charge in [0.05, 0.1) is 22.9 Å². The standard InChI is InChI=1S/C20H24N2O3S/c1-3-11-22-16-10-9-15(19(24)25-2)13-17(16)26-20(22)21-18(23)12-14-7-5-4-6-8-14/h3,9-10,13-14H,1,4-8,11-12H2,2H3. The number of carbonyl (C=O) groups excluding carboxylic acids is 2. The molecule has 3 rings (SSSR count). The largest absolute Gasteiger partial charge is 0.465 e. The van der Waals surface area contributed by atoms with Gasteiger partial charge in [-0.15, -0.1) is 6.58 Å². The van der Waals surface area contributed by atoms with Gasteiger partial charge in [-0.25, -0.2) is 4.79 Å². The van der Waals surface area contributed by atoms with Gasteiger partial charge in [0, 0.05) is 13.0 Å². The minimum atomic E-state index is -0.373. The predicted octanol–water partition coefficient (Wildman–Crippen LogP) is 4.07. The molecule has 138 valence electrons. The molecular weight excluding hydrogens is 348 g/mol. The highest BCUT2D eigenvalue weighted by atomic mass is 32.1. The highest BCUT2D eigenvalue weighted by Crippen LogP contribution is 2.26. The molecule has 0 atom stereocenters. The molecule has 0 unspecified atom stereocenters. The lowest BCUT2D eigenvalue weighted by Gasteiger charge is -2.19. The van der Waals surface area contributed by atoms with Crippen molar-refractivity contribution in [2.75, 3.05) is 7.11 Å². The van der Waals surface area contributed by atoms with Gasteiger partial charge in [0.25, 0.3) is 0 Å². The van der Waals surface area contributed by atoms with Crippen LogP contribution in [-0.2, 0) is 16.1 Å². The third kappa shape index (κ3) is 4.12. The summed E-state index contributed by atoms with van der Waals surface area (Å²) in [4.78, 5) is 29.3. The van der Waals surface area contributed by atoms with Crippen LogP contribution in [0.25, 0.3) is 10.2 Å². The fraction of sp³-hybridized carbons (Fsp3) is 0.450. The molecule has 1 fully saturated rings. The van der Waals surface area contributed by atoms with E-state index in [1.807, 2.05) is 10.6 Å². The second kappa shape index (κ2) is 8.45. The zero-order valence-corrected chi connectivity index (χ0v) is 15.9. The van der Waals surface area contributed by atoms with Crippen molar-refractivity contribution in [2.45, 2.75) is 45.1 Å². The van der Waals surface area contributed by atoms with Crippen LogP contribution in [0.5, 0.6) is 0 Å². The Kier molecular flexibility index (Phi) is 6.04. The molecule has 1 aromatic heterocycles. The highest BCUT2D eigenvalue weighted by molar-refractivity contribution is 7.16. The number of carbonyl (C=O) groups is 2. The molecule has 1 aromatic carbocycles. The number of amides is 1. The minimum Gasteiger partial charge on any atom is -0.465 e. The summed E-state index contributed by atoms with van der Waals surface area (Å²) >= 11 is 1.42. The monoisotopic (exact) mass is 372 g/mol. The number of aromatic nitrogens is 1. The number of methoxy groups -OCH3 is 1. The number of thiazole rings is 1. The lowest BCUT2D eigenvalue weighted by Crippen LogP contribution is -2.18. The molecule has 6 heteroatoms. The van der Waals surface area contributed by atoms with E-state index in [4.69, 9.17) is 4.74 Å². The average molecular weight is 372 g/mol. The zero-order valence-electron chi connectivity index (χ0n) is 15.1. The Morgan fingerprint density at radius 1 is 1.35 bits per heavy atom. The molecule has 0 spiro atoms. The van der Waals surface area contributed by atoms with Crippen molar-refractivity contribution in [3.8, 4) is 0 Å². The molecule has 5 nitrogen and oxygen atoms in total. The fourth-order valence-corrected chi connectivity index (χ4v) is 4.60. The second-order valence-corrected chi connectivity index (χ2v) is 7.68. The van der Waals surface area contributed by atoms with E-state index in [0.717, 1.165) is 23.1 Å². The molecule has 1 heterocycles. The number of hydrogen-bond donors (Lipinski definition) is 0. The van der Waals surface area contributed by atoms with Crippen molar-refractivity contribution < 1.29 is 14.3 Å². The van der Waals surface area contributed by atoms with E-state index >= 15 is 0 Å². The maximum atomic E-state index is 12.5. The van der Waals surface area contributed by atoms with Crippen molar-refractivity contribution >= 4 is 33.4 Å². The van der Waals surface area contributed by atoms with Crippen LogP contribution in [0, 0.1) is 5.92 Å². The van der Waals surface area contributed by atoms with Crippen LogP contribution in [0.1, 0.15) is 48.9 Å². The number of hydrogen-bond acceptors (Lipinski definition) is 4. The molecule has 0 saturated heterocycles. The van der Waals surface area contributed by atoms with Crippen LogP contribution in [0.15, 0.2) is 35.8 Å². The van der Waals surface area contributed by atoms with Gasteiger partial charge in [-0.1, -0.05) is 36.7 Å². The minimum absolute atomic E-state index is 0.0607. The Labute approximate surface area is 157 Å². The summed E-state index contributed by atoms with van der Waals surface area (Å²) in [6, 6.07) is 5.39. The third-order valence-electron chi connectivity index (χ3n) is 4.82. The first-order valence-corrected chi connectivity index (χ1v) is 9.84. The lowest BCUT2D eigenvalue weighted by atomic mass is 9.87. The van der Waals surface area contributed by atoms with Crippen LogP contribution in [0.3, 0.4) is 0 Å². The topological polar surface area (TPSA) is 60.7 Å². The number of rotatable bonds is 5. The number of fused-ring (bicyclic) bond motifs is 1. The van der Waals surface area contributed by atoms with Crippen molar-refractivity contribution in [3.63, 3.8) is 0 Å². The number of esters is 1. The maximum Gasteiger partial charge on any atom is 0.337 e. The smallest absolute Gasteiger partial charge is 0.337 e. The SMILES string of the molecule is C=CCn1c(=NC(=O)CC2CCCCC2)sc2cc(C(=O)OC)ccc21. The molecular formula is C20H24N2O3S. The Morgan fingerprint density at radius 3 is 2.81 bits per heavy atom. The highest BCUT2D eigenvalue weighted by Gasteiger charge is 2.17. The van der Waals surface area contributed by atoms with E-state index in [2.05, 4.69) is 11.6 Å². The number of ether oxygens (including phenoxy) is 1. The summed E-state index contributed by atoms with van der Waals surface area (Å²) in [5, 5.41) is 0. The molecule has 26 heavy (non-hydrogen) atoms. The van der Waals surface area contributed by atoms with E-state index in [-0.39, 0.29) is 11.9 Å². The van der Waals surface area contributed by atoms with Gasteiger partial charge in [-0.3, -0.25) is 4.79 Å². The Hall–Kier alpha value is -2.21. The lowest BCUT2D eigenvalue weighted by molar-refractivity contribution is -0.119. The summed E-state index contributed by atoms with van der Waals surface area (Å²) in [6.45, 7) is 4.36. The molecule has 0 radical (unpaired) electrons. The Morgan fingerprint density at radius 2 is 2.12 bits per heavy atom. The van der Waals surface area contributed by atoms with Crippen molar-refractivity contribution in [1.29, 1.82) is 0 Å². The summed E-state index contributed by atoms with van der Waals surface area (Å²) in [5.74, 6) is 0.0325. The normalized spacial score (nSPS) is 16.0. The first-order valence-electron chi connectivity index (χ1n) is 9.02. The quantitative estimate of drug-likeness (QED) is 0.587. The summed E-state index contributed by atoms with van der Waals surface area (Å²) < 4.78 is 7.65. The van der Waals surface area contributed by atoms with E-state index in [0.29, 0.717) is 29.2 Å². The summed E-state index contributed by atoms with van der Waals surface area (Å²) in [5.41, 5.74) is 1.43. The van der Waals surface area contributed by atoms with E-state index in [1.54, 1.807) is 18.2 Å². The first-order chi connectivity index (χ1) is 12.6. The third-order valence-corrected chi connectivity index (χ3v) is 5.87. The van der Waals surface area contributed by atoms with Gasteiger partial charge < -0.3 is 9.30 Å². The molecule has 1 aliphatic carbocycles.